The van der Waals surface area contributed by atoms with E-state index in [1.807, 2.05) is 0 Å². The largest absolute Gasteiger partial charge is 0.369 e. The highest BCUT2D eigenvalue weighted by Gasteiger charge is 2.37. The predicted octanol–water partition coefficient (Wildman–Crippen LogP) is 3.19. The van der Waals surface area contributed by atoms with Gasteiger partial charge in [-0.2, -0.15) is 0 Å². The Morgan fingerprint density at radius 1 is 1.20 bits per heavy atom. The van der Waals surface area contributed by atoms with E-state index in [1.54, 1.807) is 23.9 Å². The van der Waals surface area contributed by atoms with Crippen LogP contribution in [0.15, 0.2) is 11.5 Å². The predicted molar refractivity (Wildman–Crippen MR) is 93.0 cm³/mol. The van der Waals surface area contributed by atoms with E-state index in [0.717, 1.165) is 19.4 Å². The molecule has 20 heavy (non-hydrogen) atoms. The third kappa shape index (κ3) is 3.92. The Bertz CT molecular complexity index is 322. The molecule has 0 aromatic rings. The van der Waals surface area contributed by atoms with Crippen LogP contribution in [-0.2, 0) is 0 Å². The second kappa shape index (κ2) is 8.95. The molecule has 6 heteroatoms. The Morgan fingerprint density at radius 3 is 2.35 bits per heavy atom. The van der Waals surface area contributed by atoms with E-state index < -0.39 is 0 Å². The molecule has 0 fully saturated rings. The Balaban J connectivity index is 3.00. The summed E-state index contributed by atoms with van der Waals surface area (Å²) in [6, 6.07) is 0.108. The summed E-state index contributed by atoms with van der Waals surface area (Å²) in [5.41, 5.74) is 7.70. The van der Waals surface area contributed by atoms with Crippen LogP contribution in [0.4, 0.5) is 0 Å². The SMILES string of the molecule is CCCCNC1=C(C(N)CCC)N(SC)C(C)N1SC. The van der Waals surface area contributed by atoms with Crippen molar-refractivity contribution in [3.63, 3.8) is 0 Å². The molecular formula is C14H30N4S2. The van der Waals surface area contributed by atoms with E-state index in [1.165, 1.54) is 24.4 Å². The van der Waals surface area contributed by atoms with E-state index in [2.05, 4.69) is 47.2 Å². The van der Waals surface area contributed by atoms with Gasteiger partial charge in [0.2, 0.25) is 0 Å². The fourth-order valence-corrected chi connectivity index (χ4v) is 4.15. The van der Waals surface area contributed by atoms with Crippen LogP contribution in [0, 0.1) is 0 Å². The van der Waals surface area contributed by atoms with E-state index in [0.29, 0.717) is 6.17 Å². The first kappa shape index (κ1) is 17.9. The minimum atomic E-state index is 0.108. The monoisotopic (exact) mass is 318 g/mol. The van der Waals surface area contributed by atoms with Crippen LogP contribution < -0.4 is 11.1 Å². The smallest absolute Gasteiger partial charge is 0.136 e. The lowest BCUT2D eigenvalue weighted by atomic mass is 10.1. The molecule has 0 amide bonds. The van der Waals surface area contributed by atoms with Gasteiger partial charge in [-0.1, -0.05) is 50.6 Å². The number of hydrogen-bond acceptors (Lipinski definition) is 6. The van der Waals surface area contributed by atoms with Gasteiger partial charge in [-0.05, 0) is 19.8 Å². The van der Waals surface area contributed by atoms with E-state index >= 15 is 0 Å². The number of unbranched alkanes of at least 4 members (excludes halogenated alkanes) is 1. The van der Waals surface area contributed by atoms with Crippen molar-refractivity contribution in [1.29, 1.82) is 0 Å². The van der Waals surface area contributed by atoms with Crippen LogP contribution in [0.3, 0.4) is 0 Å². The Hall–Kier alpha value is -0.200. The topological polar surface area (TPSA) is 44.5 Å². The second-order valence-corrected chi connectivity index (χ2v) is 6.58. The lowest BCUT2D eigenvalue weighted by Gasteiger charge is -2.29. The second-order valence-electron chi connectivity index (χ2n) is 5.06. The number of nitrogens with two attached hydrogens (primary N) is 1. The quantitative estimate of drug-likeness (QED) is 0.503. The molecule has 4 nitrogen and oxygen atoms in total. The summed E-state index contributed by atoms with van der Waals surface area (Å²) >= 11 is 3.53. The van der Waals surface area contributed by atoms with Crippen LogP contribution >= 0.6 is 23.9 Å². The first-order chi connectivity index (χ1) is 9.62. The molecular weight excluding hydrogens is 288 g/mol. The fraction of sp³-hybridized carbons (Fsp3) is 0.857. The van der Waals surface area contributed by atoms with E-state index in [4.69, 9.17) is 5.73 Å². The van der Waals surface area contributed by atoms with Gasteiger partial charge < -0.3 is 11.1 Å². The molecule has 0 saturated heterocycles. The van der Waals surface area contributed by atoms with Crippen LogP contribution in [0.5, 0.6) is 0 Å². The number of nitrogens with zero attached hydrogens (tertiary/aromatic N) is 2. The van der Waals surface area contributed by atoms with Crippen molar-refractivity contribution in [2.75, 3.05) is 19.1 Å². The van der Waals surface area contributed by atoms with Crippen molar-refractivity contribution >= 4 is 23.9 Å². The van der Waals surface area contributed by atoms with Crippen molar-refractivity contribution in [3.8, 4) is 0 Å². The Morgan fingerprint density at radius 2 is 1.85 bits per heavy atom. The standard InChI is InChI=1S/C14H30N4S2/c1-6-8-10-16-14-13(12(15)9-7-2)17(19-4)11(3)18(14)20-5/h11-12,16H,6-10,15H2,1-5H3. The average Bonchev–Trinajstić information content (AvgIpc) is 2.71. The fourth-order valence-electron chi connectivity index (χ4n) is 2.53. The van der Waals surface area contributed by atoms with Crippen LogP contribution in [0.2, 0.25) is 0 Å². The lowest BCUT2D eigenvalue weighted by molar-refractivity contribution is 0.337. The molecule has 0 aromatic heterocycles. The van der Waals surface area contributed by atoms with Gasteiger partial charge in [-0.25, -0.2) is 0 Å². The molecule has 2 unspecified atom stereocenters. The molecule has 1 heterocycles. The van der Waals surface area contributed by atoms with Gasteiger partial charge >= 0.3 is 0 Å². The molecule has 1 aliphatic heterocycles. The van der Waals surface area contributed by atoms with Gasteiger partial charge in [0.15, 0.2) is 0 Å². The van der Waals surface area contributed by atoms with Gasteiger partial charge in [0, 0.05) is 25.1 Å². The van der Waals surface area contributed by atoms with Crippen molar-refractivity contribution in [2.45, 2.75) is 58.7 Å². The highest BCUT2D eigenvalue weighted by molar-refractivity contribution is 7.97. The lowest BCUT2D eigenvalue weighted by Crippen LogP contribution is -2.34. The molecule has 0 bridgehead atoms. The van der Waals surface area contributed by atoms with Crippen molar-refractivity contribution in [3.05, 3.63) is 11.5 Å². The van der Waals surface area contributed by atoms with Gasteiger partial charge in [0.1, 0.15) is 12.0 Å². The van der Waals surface area contributed by atoms with Gasteiger partial charge in [0.25, 0.3) is 0 Å². The summed E-state index contributed by atoms with van der Waals surface area (Å²) in [6.07, 6.45) is 9.13. The molecule has 0 radical (unpaired) electrons. The summed E-state index contributed by atoms with van der Waals surface area (Å²) in [5.74, 6) is 1.22. The third-order valence-electron chi connectivity index (χ3n) is 3.55. The molecule has 118 valence electrons. The van der Waals surface area contributed by atoms with Gasteiger partial charge in [-0.3, -0.25) is 8.61 Å². The molecule has 3 N–H and O–H groups in total. The van der Waals surface area contributed by atoms with Crippen molar-refractivity contribution in [2.24, 2.45) is 5.73 Å². The maximum Gasteiger partial charge on any atom is 0.136 e. The van der Waals surface area contributed by atoms with Crippen LogP contribution in [0.25, 0.3) is 0 Å². The molecule has 0 saturated carbocycles. The van der Waals surface area contributed by atoms with E-state index in [-0.39, 0.29) is 6.04 Å². The number of hydrogen-bond donors (Lipinski definition) is 2. The summed E-state index contributed by atoms with van der Waals surface area (Å²) in [4.78, 5) is 0. The first-order valence-corrected chi connectivity index (χ1v) is 9.88. The number of rotatable bonds is 9. The average molecular weight is 319 g/mol. The zero-order valence-corrected chi connectivity index (χ0v) is 15.1. The molecule has 2 atom stereocenters. The highest BCUT2D eigenvalue weighted by Crippen LogP contribution is 2.38. The molecule has 0 aliphatic carbocycles. The van der Waals surface area contributed by atoms with E-state index in [9.17, 15) is 0 Å². The van der Waals surface area contributed by atoms with Gasteiger partial charge in [0.05, 0.1) is 5.70 Å². The normalized spacial score (nSPS) is 20.8. The summed E-state index contributed by atoms with van der Waals surface area (Å²) in [5, 5.41) is 3.62. The minimum Gasteiger partial charge on any atom is -0.369 e. The maximum atomic E-state index is 6.44. The number of nitrogens with one attached hydrogen (secondary N) is 1. The zero-order valence-electron chi connectivity index (χ0n) is 13.5. The van der Waals surface area contributed by atoms with Crippen LogP contribution in [0.1, 0.15) is 46.5 Å². The summed E-state index contributed by atoms with van der Waals surface area (Å²) in [7, 11) is 0. The maximum absolute atomic E-state index is 6.44. The Labute approximate surface area is 133 Å². The molecule has 0 aromatic carbocycles. The molecule has 1 aliphatic rings. The Kier molecular flexibility index (Phi) is 7.99. The minimum absolute atomic E-state index is 0.108. The highest BCUT2D eigenvalue weighted by atomic mass is 32.2. The summed E-state index contributed by atoms with van der Waals surface area (Å²) < 4.78 is 4.70. The summed E-state index contributed by atoms with van der Waals surface area (Å²) in [6.45, 7) is 7.66. The zero-order chi connectivity index (χ0) is 15.1. The first-order valence-electron chi connectivity index (χ1n) is 7.52. The molecule has 0 spiro atoms. The third-order valence-corrected chi connectivity index (χ3v) is 5.32. The van der Waals surface area contributed by atoms with Crippen molar-refractivity contribution in [1.82, 2.24) is 13.9 Å². The van der Waals surface area contributed by atoms with Crippen LogP contribution in [-0.4, -0.2) is 39.9 Å². The van der Waals surface area contributed by atoms with Crippen molar-refractivity contribution < 1.29 is 0 Å². The molecule has 1 rings (SSSR count). The van der Waals surface area contributed by atoms with Gasteiger partial charge in [-0.15, -0.1) is 0 Å².